The lowest BCUT2D eigenvalue weighted by Crippen LogP contribution is -2.66. The molecule has 0 aliphatic carbocycles. The fraction of sp³-hybridized carbons (Fsp3) is 0.354. The van der Waals surface area contributed by atoms with Gasteiger partial charge in [0.15, 0.2) is 25.0 Å². The molecule has 0 spiro atoms. The first kappa shape index (κ1) is 41.0. The van der Waals surface area contributed by atoms with Crippen LogP contribution in [0.3, 0.4) is 0 Å². The molecule has 0 bridgehead atoms. The molecule has 5 unspecified atom stereocenters. The van der Waals surface area contributed by atoms with Crippen LogP contribution in [0.1, 0.15) is 45.8 Å². The Kier molecular flexibility index (Phi) is 13.9. The van der Waals surface area contributed by atoms with E-state index < -0.39 is 67.6 Å². The highest BCUT2D eigenvalue weighted by molar-refractivity contribution is 5.89. The summed E-state index contributed by atoms with van der Waals surface area (Å²) in [5.74, 6) is -1.02. The third-order valence-corrected chi connectivity index (χ3v) is 10.8. The second kappa shape index (κ2) is 20.0. The summed E-state index contributed by atoms with van der Waals surface area (Å²) in [6, 6.07) is 47.6. The van der Waals surface area contributed by atoms with Crippen molar-refractivity contribution in [3.05, 3.63) is 179 Å². The third kappa shape index (κ3) is 10.3. The summed E-state index contributed by atoms with van der Waals surface area (Å²) in [6.07, 6.45) is -9.34. The van der Waals surface area contributed by atoms with Gasteiger partial charge in [-0.25, -0.2) is 4.79 Å². The van der Waals surface area contributed by atoms with Crippen molar-refractivity contribution in [2.24, 2.45) is 5.92 Å². The predicted molar refractivity (Wildman–Crippen MR) is 215 cm³/mol. The minimum Gasteiger partial charge on any atom is -0.450 e. The summed E-state index contributed by atoms with van der Waals surface area (Å²) in [4.78, 5) is 13.7. The molecule has 3 fully saturated rings. The van der Waals surface area contributed by atoms with Crippen LogP contribution < -0.4 is 0 Å². The van der Waals surface area contributed by atoms with Gasteiger partial charge < -0.3 is 47.7 Å². The molecule has 3 aliphatic heterocycles. The predicted octanol–water partition coefficient (Wildman–Crippen LogP) is 7.18. The molecular formula is C48H50O11. The monoisotopic (exact) mass is 802 g/mol. The number of rotatable bonds is 15. The van der Waals surface area contributed by atoms with E-state index in [0.717, 1.165) is 22.3 Å². The van der Waals surface area contributed by atoms with Gasteiger partial charge in [-0.3, -0.25) is 0 Å². The molecule has 59 heavy (non-hydrogen) atoms. The smallest absolute Gasteiger partial charge is 0.338 e. The lowest BCUT2D eigenvalue weighted by atomic mass is 9.91. The van der Waals surface area contributed by atoms with Crippen molar-refractivity contribution in [1.82, 2.24) is 0 Å². The van der Waals surface area contributed by atoms with Gasteiger partial charge in [0.1, 0.15) is 30.5 Å². The van der Waals surface area contributed by atoms with E-state index in [0.29, 0.717) is 18.8 Å². The second-order valence-corrected chi connectivity index (χ2v) is 15.0. The topological polar surface area (TPSA) is 120 Å². The van der Waals surface area contributed by atoms with Crippen LogP contribution in [0.25, 0.3) is 0 Å². The molecule has 0 aromatic heterocycles. The number of carbonyl (C=O) groups excluding carboxylic acids is 1. The fourth-order valence-electron chi connectivity index (χ4n) is 7.66. The van der Waals surface area contributed by atoms with Gasteiger partial charge in [0.2, 0.25) is 0 Å². The maximum Gasteiger partial charge on any atom is 0.338 e. The number of aliphatic hydroxyl groups is 1. The lowest BCUT2D eigenvalue weighted by molar-refractivity contribution is -0.385. The lowest BCUT2D eigenvalue weighted by Gasteiger charge is -2.50. The maximum atomic E-state index is 13.7. The van der Waals surface area contributed by atoms with E-state index >= 15 is 0 Å². The molecule has 5 aromatic rings. The van der Waals surface area contributed by atoms with E-state index in [2.05, 4.69) is 0 Å². The van der Waals surface area contributed by atoms with Crippen molar-refractivity contribution in [2.75, 3.05) is 13.2 Å². The van der Waals surface area contributed by atoms with Gasteiger partial charge in [-0.1, -0.05) is 146 Å². The van der Waals surface area contributed by atoms with Crippen LogP contribution in [0.5, 0.6) is 0 Å². The number of hydrogen-bond acceptors (Lipinski definition) is 11. The molecule has 8 rings (SSSR count). The van der Waals surface area contributed by atoms with Crippen LogP contribution in [0.15, 0.2) is 152 Å². The van der Waals surface area contributed by atoms with Gasteiger partial charge in [-0.2, -0.15) is 0 Å². The number of ether oxygens (including phenoxy) is 9. The normalized spacial score (nSPS) is 29.3. The van der Waals surface area contributed by atoms with Crippen molar-refractivity contribution < 1.29 is 52.5 Å². The minimum absolute atomic E-state index is 0.0883. The molecule has 0 radical (unpaired) electrons. The summed E-state index contributed by atoms with van der Waals surface area (Å²) in [7, 11) is 0. The molecular weight excluding hydrogens is 753 g/mol. The molecule has 3 saturated heterocycles. The largest absolute Gasteiger partial charge is 0.450 e. The van der Waals surface area contributed by atoms with Crippen LogP contribution in [0.2, 0.25) is 0 Å². The highest BCUT2D eigenvalue weighted by Gasteiger charge is 2.55. The van der Waals surface area contributed by atoms with Gasteiger partial charge in [0.25, 0.3) is 0 Å². The van der Waals surface area contributed by atoms with Gasteiger partial charge >= 0.3 is 5.97 Å². The zero-order chi connectivity index (χ0) is 40.4. The SMILES string of the molecule is CC1[C@H](OCc2ccccc2)OC(COCc2ccccc2)[C@H](O[C@@H]2OC3COC(c4ccccc4)O[C@@H]3[C@H](O)C2OC(=O)c2ccccc2)[C@H]1OCc1ccccc1. The van der Waals surface area contributed by atoms with Crippen molar-refractivity contribution in [2.45, 2.75) is 88.3 Å². The van der Waals surface area contributed by atoms with E-state index in [1.54, 1.807) is 24.3 Å². The van der Waals surface area contributed by atoms with Crippen molar-refractivity contribution in [3.8, 4) is 0 Å². The van der Waals surface area contributed by atoms with E-state index in [1.165, 1.54) is 0 Å². The van der Waals surface area contributed by atoms with Crippen molar-refractivity contribution in [1.29, 1.82) is 0 Å². The Balaban J connectivity index is 1.10. The minimum atomic E-state index is -1.36. The average Bonchev–Trinajstić information content (AvgIpc) is 3.29. The first-order valence-corrected chi connectivity index (χ1v) is 20.2. The quantitative estimate of drug-likeness (QED) is 0.109. The summed E-state index contributed by atoms with van der Waals surface area (Å²) < 4.78 is 58.4. The third-order valence-electron chi connectivity index (χ3n) is 10.8. The fourth-order valence-corrected chi connectivity index (χ4v) is 7.66. The number of benzene rings is 5. The highest BCUT2D eigenvalue weighted by atomic mass is 16.8. The summed E-state index contributed by atoms with van der Waals surface area (Å²) in [5, 5.41) is 12.1. The Labute approximate surface area is 344 Å². The number of esters is 1. The van der Waals surface area contributed by atoms with Crippen LogP contribution >= 0.6 is 0 Å². The average molecular weight is 803 g/mol. The summed E-state index contributed by atoms with van der Waals surface area (Å²) in [5.41, 5.74) is 4.04. The first-order chi connectivity index (χ1) is 29.0. The Morgan fingerprint density at radius 2 is 1.19 bits per heavy atom. The van der Waals surface area contributed by atoms with E-state index in [1.807, 2.05) is 134 Å². The van der Waals surface area contributed by atoms with Crippen LogP contribution in [-0.2, 0) is 62.5 Å². The molecule has 3 heterocycles. The highest BCUT2D eigenvalue weighted by Crippen LogP contribution is 2.39. The first-order valence-electron chi connectivity index (χ1n) is 20.2. The van der Waals surface area contributed by atoms with Crippen molar-refractivity contribution >= 4 is 5.97 Å². The Bertz CT molecular complexity index is 2010. The molecule has 11 atom stereocenters. The van der Waals surface area contributed by atoms with Crippen molar-refractivity contribution in [3.63, 3.8) is 0 Å². The maximum absolute atomic E-state index is 13.7. The molecule has 3 aliphatic rings. The van der Waals surface area contributed by atoms with Crippen LogP contribution in [0, 0.1) is 5.92 Å². The molecule has 0 saturated carbocycles. The number of hydrogen-bond donors (Lipinski definition) is 1. The number of fused-ring (bicyclic) bond motifs is 1. The molecule has 11 heteroatoms. The standard InChI is InChI=1S/C48H50O11/c1-32-41(52-28-34-19-9-3-10-20-34)43(38(30-51-27-33-17-7-2-8-18-33)55-46(32)53-29-35-21-11-4-12-22-35)59-48-44(57-45(50)36-23-13-5-14-24-36)40(49)42-39(56-48)31-54-47(58-42)37-25-15-6-16-26-37/h2-26,32,38-44,46-49H,27-31H2,1H3/t32?,38?,39?,40-,41-,42-,43-,44?,46+,47?,48-/m0/s1. The van der Waals surface area contributed by atoms with Gasteiger partial charge in [-0.15, -0.1) is 0 Å². The number of carbonyl (C=O) groups is 1. The molecule has 0 amide bonds. The van der Waals surface area contributed by atoms with Gasteiger partial charge in [0.05, 0.1) is 44.7 Å². The summed E-state index contributed by atoms with van der Waals surface area (Å²) in [6.45, 7) is 3.09. The summed E-state index contributed by atoms with van der Waals surface area (Å²) >= 11 is 0. The van der Waals surface area contributed by atoms with Gasteiger partial charge in [-0.05, 0) is 28.8 Å². The molecule has 11 nitrogen and oxygen atoms in total. The van der Waals surface area contributed by atoms with E-state index in [9.17, 15) is 9.90 Å². The molecule has 5 aromatic carbocycles. The van der Waals surface area contributed by atoms with Gasteiger partial charge in [0, 0.05) is 11.5 Å². The van der Waals surface area contributed by atoms with Crippen LogP contribution in [0.4, 0.5) is 0 Å². The molecule has 1 N–H and O–H groups in total. The zero-order valence-electron chi connectivity index (χ0n) is 32.8. The van der Waals surface area contributed by atoms with E-state index in [4.69, 9.17) is 42.6 Å². The second-order valence-electron chi connectivity index (χ2n) is 15.0. The Morgan fingerprint density at radius 1 is 0.627 bits per heavy atom. The number of aliphatic hydroxyl groups excluding tert-OH is 1. The Hall–Kier alpha value is -4.79. The zero-order valence-corrected chi connectivity index (χ0v) is 32.8. The van der Waals surface area contributed by atoms with E-state index in [-0.39, 0.29) is 25.7 Å². The Morgan fingerprint density at radius 3 is 1.81 bits per heavy atom. The van der Waals surface area contributed by atoms with Crippen LogP contribution in [-0.4, -0.2) is 79.6 Å². The molecule has 308 valence electrons.